The number of amides is 1. The van der Waals surface area contributed by atoms with Crippen molar-refractivity contribution < 1.29 is 14.7 Å². The summed E-state index contributed by atoms with van der Waals surface area (Å²) in [4.78, 5) is 34.7. The molecule has 1 unspecified atom stereocenters. The van der Waals surface area contributed by atoms with Crippen LogP contribution in [0.15, 0.2) is 41.5 Å². The van der Waals surface area contributed by atoms with E-state index in [0.29, 0.717) is 12.8 Å². The molecular weight excluding hydrogens is 312 g/mol. The summed E-state index contributed by atoms with van der Waals surface area (Å²) in [7, 11) is 1.55. The van der Waals surface area contributed by atoms with Crippen LogP contribution in [-0.2, 0) is 29.6 Å². The lowest BCUT2D eigenvalue weighted by Crippen LogP contribution is -2.40. The van der Waals surface area contributed by atoms with Crippen LogP contribution >= 0.6 is 0 Å². The predicted octanol–water partition coefficient (Wildman–Crippen LogP) is 0.174. The van der Waals surface area contributed by atoms with Gasteiger partial charge in [-0.1, -0.05) is 30.3 Å². The minimum atomic E-state index is -0.914. The molecule has 0 spiro atoms. The normalized spacial score (nSPS) is 11.9. The van der Waals surface area contributed by atoms with Gasteiger partial charge >= 0.3 is 11.7 Å². The van der Waals surface area contributed by atoms with Gasteiger partial charge in [-0.15, -0.1) is 0 Å². The third-order valence-electron chi connectivity index (χ3n) is 3.58. The second kappa shape index (κ2) is 8.09. The highest BCUT2D eigenvalue weighted by atomic mass is 16.4. The summed E-state index contributed by atoms with van der Waals surface area (Å²) in [6, 6.07) is 9.18. The molecule has 2 N–H and O–H groups in total. The quantitative estimate of drug-likeness (QED) is 0.717. The van der Waals surface area contributed by atoms with Crippen molar-refractivity contribution in [1.29, 1.82) is 0 Å². The van der Waals surface area contributed by atoms with Gasteiger partial charge in [-0.25, -0.2) is 9.48 Å². The number of nitrogens with zero attached hydrogens (tertiary/aromatic N) is 3. The Hall–Kier alpha value is -2.90. The summed E-state index contributed by atoms with van der Waals surface area (Å²) < 4.78 is 2.34. The van der Waals surface area contributed by atoms with Crippen molar-refractivity contribution in [2.45, 2.75) is 31.8 Å². The maximum Gasteiger partial charge on any atom is 0.345 e. The van der Waals surface area contributed by atoms with E-state index in [-0.39, 0.29) is 30.6 Å². The van der Waals surface area contributed by atoms with Crippen molar-refractivity contribution in [1.82, 2.24) is 19.7 Å². The minimum absolute atomic E-state index is 0.0404. The van der Waals surface area contributed by atoms with Crippen LogP contribution in [0.25, 0.3) is 0 Å². The lowest BCUT2D eigenvalue weighted by atomic mass is 10.0. The van der Waals surface area contributed by atoms with E-state index < -0.39 is 5.97 Å². The fraction of sp³-hybridized carbons (Fsp3) is 0.375. The number of carbonyl (C=O) groups is 2. The van der Waals surface area contributed by atoms with Crippen molar-refractivity contribution in [3.05, 3.63) is 52.7 Å². The average Bonchev–Trinajstić information content (AvgIpc) is 2.85. The number of aromatic nitrogens is 3. The fourth-order valence-corrected chi connectivity index (χ4v) is 2.36. The number of hydrogen-bond donors (Lipinski definition) is 2. The highest BCUT2D eigenvalue weighted by molar-refractivity contribution is 5.76. The number of aliphatic carboxylic acids is 1. The topological polar surface area (TPSA) is 106 Å². The van der Waals surface area contributed by atoms with Crippen molar-refractivity contribution in [2.75, 3.05) is 0 Å². The van der Waals surface area contributed by atoms with Gasteiger partial charge in [0.1, 0.15) is 12.9 Å². The van der Waals surface area contributed by atoms with Crippen LogP contribution in [0.4, 0.5) is 0 Å². The Bertz CT molecular complexity index is 751. The molecule has 2 aromatic rings. The maximum absolute atomic E-state index is 12.2. The van der Waals surface area contributed by atoms with E-state index in [1.807, 2.05) is 30.3 Å². The van der Waals surface area contributed by atoms with Crippen LogP contribution in [0.2, 0.25) is 0 Å². The molecule has 0 saturated carbocycles. The average molecular weight is 332 g/mol. The molecule has 0 fully saturated rings. The van der Waals surface area contributed by atoms with E-state index in [1.54, 1.807) is 7.05 Å². The van der Waals surface area contributed by atoms with E-state index in [2.05, 4.69) is 10.4 Å². The Morgan fingerprint density at radius 2 is 2.00 bits per heavy atom. The van der Waals surface area contributed by atoms with E-state index in [4.69, 9.17) is 5.11 Å². The van der Waals surface area contributed by atoms with Crippen molar-refractivity contribution in [3.63, 3.8) is 0 Å². The monoisotopic (exact) mass is 332 g/mol. The van der Waals surface area contributed by atoms with Crippen LogP contribution in [-0.4, -0.2) is 37.4 Å². The van der Waals surface area contributed by atoms with E-state index in [9.17, 15) is 14.4 Å². The summed E-state index contributed by atoms with van der Waals surface area (Å²) in [6.45, 7) is -0.196. The molecule has 24 heavy (non-hydrogen) atoms. The van der Waals surface area contributed by atoms with Gasteiger partial charge in [-0.3, -0.25) is 14.2 Å². The molecule has 1 amide bonds. The van der Waals surface area contributed by atoms with Gasteiger partial charge in [0.2, 0.25) is 5.91 Å². The first-order chi connectivity index (χ1) is 11.5. The molecule has 0 aliphatic carbocycles. The maximum atomic E-state index is 12.2. The number of rotatable bonds is 8. The Kier molecular flexibility index (Phi) is 5.89. The van der Waals surface area contributed by atoms with Crippen molar-refractivity contribution in [2.24, 2.45) is 7.05 Å². The Labute approximate surface area is 138 Å². The summed E-state index contributed by atoms with van der Waals surface area (Å²) >= 11 is 0. The molecule has 128 valence electrons. The highest BCUT2D eigenvalue weighted by Crippen LogP contribution is 2.08. The summed E-state index contributed by atoms with van der Waals surface area (Å²) in [5.41, 5.74) is 0.624. The summed E-state index contributed by atoms with van der Waals surface area (Å²) in [5, 5.41) is 15.5. The molecule has 1 atom stereocenters. The number of carbonyl (C=O) groups excluding carboxylic acids is 1. The molecule has 8 heteroatoms. The first-order valence-corrected chi connectivity index (χ1v) is 7.59. The first-order valence-electron chi connectivity index (χ1n) is 7.59. The number of aryl methyl sites for hydroxylation is 1. The van der Waals surface area contributed by atoms with E-state index >= 15 is 0 Å². The molecule has 8 nitrogen and oxygen atoms in total. The largest absolute Gasteiger partial charge is 0.481 e. The minimum Gasteiger partial charge on any atom is -0.481 e. The van der Waals surface area contributed by atoms with Gasteiger partial charge in [-0.05, 0) is 18.4 Å². The fourth-order valence-electron chi connectivity index (χ4n) is 2.36. The van der Waals surface area contributed by atoms with Gasteiger partial charge in [-0.2, -0.15) is 5.10 Å². The second-order valence-corrected chi connectivity index (χ2v) is 5.57. The zero-order valence-corrected chi connectivity index (χ0v) is 13.4. The zero-order valence-electron chi connectivity index (χ0n) is 13.4. The highest BCUT2D eigenvalue weighted by Gasteiger charge is 2.16. The molecule has 0 bridgehead atoms. The number of carboxylic acid groups (broad SMARTS) is 1. The van der Waals surface area contributed by atoms with Gasteiger partial charge < -0.3 is 10.4 Å². The lowest BCUT2D eigenvalue weighted by molar-refractivity contribution is -0.137. The number of nitrogens with one attached hydrogen (secondary N) is 1. The van der Waals surface area contributed by atoms with Crippen LogP contribution in [0.5, 0.6) is 0 Å². The third-order valence-corrected chi connectivity index (χ3v) is 3.58. The summed E-state index contributed by atoms with van der Waals surface area (Å²) in [6.07, 6.45) is 2.13. The van der Waals surface area contributed by atoms with Gasteiger partial charge in [0.15, 0.2) is 0 Å². The molecule has 2 rings (SSSR count). The second-order valence-electron chi connectivity index (χ2n) is 5.57. The molecule has 1 aromatic heterocycles. The summed E-state index contributed by atoms with van der Waals surface area (Å²) in [5.74, 6) is -1.29. The number of benzene rings is 1. The Morgan fingerprint density at radius 1 is 1.29 bits per heavy atom. The van der Waals surface area contributed by atoms with Crippen LogP contribution in [0.1, 0.15) is 18.4 Å². The zero-order chi connectivity index (χ0) is 17.5. The van der Waals surface area contributed by atoms with E-state index in [1.165, 1.54) is 10.9 Å². The van der Waals surface area contributed by atoms with Crippen molar-refractivity contribution in [3.8, 4) is 0 Å². The molecule has 1 aromatic carbocycles. The predicted molar refractivity (Wildman–Crippen MR) is 86.4 cm³/mol. The first kappa shape index (κ1) is 17.5. The molecule has 0 aliphatic rings. The molecular formula is C16H20N4O4. The standard InChI is InChI=1S/C16H20N4O4/c1-19-11-17-20(16(19)24)10-14(21)18-13(7-8-15(22)23)9-12-5-3-2-4-6-12/h2-6,11,13H,7-10H2,1H3,(H,18,21)(H,22,23). The Balaban J connectivity index is 2.00. The molecule has 1 heterocycles. The SMILES string of the molecule is Cn1cnn(CC(=O)NC(CCC(=O)O)Cc2ccccc2)c1=O. The number of carboxylic acids is 1. The smallest absolute Gasteiger partial charge is 0.345 e. The molecule has 0 radical (unpaired) electrons. The molecule has 0 aliphatic heterocycles. The van der Waals surface area contributed by atoms with Crippen LogP contribution in [0, 0.1) is 0 Å². The van der Waals surface area contributed by atoms with Crippen LogP contribution < -0.4 is 11.0 Å². The number of hydrogen-bond acceptors (Lipinski definition) is 4. The van der Waals surface area contributed by atoms with Gasteiger partial charge in [0, 0.05) is 19.5 Å². The van der Waals surface area contributed by atoms with Crippen molar-refractivity contribution >= 4 is 11.9 Å². The Morgan fingerprint density at radius 3 is 2.58 bits per heavy atom. The van der Waals surface area contributed by atoms with Gasteiger partial charge in [0.05, 0.1) is 0 Å². The van der Waals surface area contributed by atoms with Gasteiger partial charge in [0.25, 0.3) is 0 Å². The van der Waals surface area contributed by atoms with Crippen LogP contribution in [0.3, 0.4) is 0 Å². The lowest BCUT2D eigenvalue weighted by Gasteiger charge is -2.18. The van der Waals surface area contributed by atoms with E-state index in [0.717, 1.165) is 10.2 Å². The molecule has 0 saturated heterocycles. The third kappa shape index (κ3) is 5.08.